The molecule has 28 heavy (non-hydrogen) atoms. The lowest BCUT2D eigenvalue weighted by atomic mass is 10.1. The van der Waals surface area contributed by atoms with E-state index in [-0.39, 0.29) is 10.8 Å². The van der Waals surface area contributed by atoms with Crippen molar-refractivity contribution in [2.75, 3.05) is 20.2 Å². The molecule has 0 spiro atoms. The summed E-state index contributed by atoms with van der Waals surface area (Å²) in [6.45, 7) is 2.83. The molecule has 2 N–H and O–H groups in total. The van der Waals surface area contributed by atoms with Gasteiger partial charge in [-0.2, -0.15) is 0 Å². The van der Waals surface area contributed by atoms with Gasteiger partial charge in [0.2, 0.25) is 10.0 Å². The summed E-state index contributed by atoms with van der Waals surface area (Å²) in [4.78, 5) is 12.6. The van der Waals surface area contributed by atoms with Crippen LogP contribution >= 0.6 is 11.6 Å². The predicted molar refractivity (Wildman–Crippen MR) is 111 cm³/mol. The zero-order valence-corrected chi connectivity index (χ0v) is 17.6. The highest BCUT2D eigenvalue weighted by Crippen LogP contribution is 2.22. The van der Waals surface area contributed by atoms with Crippen molar-refractivity contribution in [2.45, 2.75) is 31.1 Å². The molecule has 0 aliphatic heterocycles. The van der Waals surface area contributed by atoms with Gasteiger partial charge < -0.3 is 10.1 Å². The first-order valence-electron chi connectivity index (χ1n) is 9.07. The third-order valence-electron chi connectivity index (χ3n) is 4.16. The van der Waals surface area contributed by atoms with Gasteiger partial charge in [0.1, 0.15) is 5.75 Å². The monoisotopic (exact) mass is 424 g/mol. The number of ether oxygens (including phenoxy) is 1. The molecular formula is C20H25ClN2O4S. The lowest BCUT2D eigenvalue weighted by Crippen LogP contribution is -2.26. The maximum absolute atomic E-state index is 12.3. The van der Waals surface area contributed by atoms with Crippen molar-refractivity contribution in [1.82, 2.24) is 10.0 Å². The quantitative estimate of drug-likeness (QED) is 0.572. The highest BCUT2D eigenvalue weighted by molar-refractivity contribution is 7.89. The van der Waals surface area contributed by atoms with Gasteiger partial charge in [-0.3, -0.25) is 4.79 Å². The summed E-state index contributed by atoms with van der Waals surface area (Å²) in [5.41, 5.74) is 1.29. The third-order valence-corrected chi connectivity index (χ3v) is 5.87. The summed E-state index contributed by atoms with van der Waals surface area (Å²) in [6.07, 6.45) is 2.29. The van der Waals surface area contributed by atoms with Crippen LogP contribution < -0.4 is 14.8 Å². The average Bonchev–Trinajstić information content (AvgIpc) is 2.68. The van der Waals surface area contributed by atoms with Crippen LogP contribution in [-0.4, -0.2) is 34.5 Å². The van der Waals surface area contributed by atoms with Crippen LogP contribution in [0.3, 0.4) is 0 Å². The molecule has 0 aliphatic carbocycles. The van der Waals surface area contributed by atoms with Crippen molar-refractivity contribution in [3.63, 3.8) is 0 Å². The van der Waals surface area contributed by atoms with Crippen LogP contribution in [0.4, 0.5) is 0 Å². The Balaban J connectivity index is 1.92. The Kier molecular flexibility index (Phi) is 8.29. The fourth-order valence-corrected chi connectivity index (χ4v) is 3.82. The normalized spacial score (nSPS) is 11.2. The lowest BCUT2D eigenvalue weighted by molar-refractivity contribution is 0.0951. The Hall–Kier alpha value is -2.09. The molecule has 0 unspecified atom stereocenters. The Morgan fingerprint density at radius 2 is 1.82 bits per heavy atom. The molecule has 0 saturated carbocycles. The number of hydrogen-bond acceptors (Lipinski definition) is 4. The van der Waals surface area contributed by atoms with E-state index in [1.807, 2.05) is 6.92 Å². The number of sulfonamides is 1. The molecule has 2 aromatic rings. The molecule has 0 aliphatic rings. The molecule has 0 radical (unpaired) electrons. The molecule has 0 fully saturated rings. The molecule has 152 valence electrons. The van der Waals surface area contributed by atoms with E-state index >= 15 is 0 Å². The maximum Gasteiger partial charge on any atom is 0.255 e. The van der Waals surface area contributed by atoms with E-state index < -0.39 is 10.0 Å². The summed E-state index contributed by atoms with van der Waals surface area (Å²) in [6, 6.07) is 11.5. The van der Waals surface area contributed by atoms with Crippen LogP contribution in [0.2, 0.25) is 5.02 Å². The molecular weight excluding hydrogens is 400 g/mol. The van der Waals surface area contributed by atoms with Crippen LogP contribution in [0.5, 0.6) is 5.75 Å². The third kappa shape index (κ3) is 6.22. The van der Waals surface area contributed by atoms with E-state index in [2.05, 4.69) is 10.0 Å². The Morgan fingerprint density at radius 1 is 1.11 bits per heavy atom. The fraction of sp³-hybridized carbons (Fsp3) is 0.350. The molecule has 1 amide bonds. The molecule has 0 heterocycles. The molecule has 8 heteroatoms. The SMILES string of the molecule is CCCCNS(=O)(=O)c1ccc(CCNC(=O)c2cc(Cl)ccc2OC)cc1. The summed E-state index contributed by atoms with van der Waals surface area (Å²) >= 11 is 5.95. The number of carbonyl (C=O) groups is 1. The van der Waals surface area contributed by atoms with Gasteiger partial charge in [0.25, 0.3) is 5.91 Å². The van der Waals surface area contributed by atoms with E-state index in [1.165, 1.54) is 7.11 Å². The standard InChI is InChI=1S/C20H25ClN2O4S/c1-3-4-12-23-28(25,26)17-8-5-15(6-9-17)11-13-22-20(24)18-14-16(21)7-10-19(18)27-2/h5-10,14,23H,3-4,11-13H2,1-2H3,(H,22,24). The zero-order valence-electron chi connectivity index (χ0n) is 16.0. The van der Waals surface area contributed by atoms with Gasteiger partial charge in [-0.1, -0.05) is 37.1 Å². The van der Waals surface area contributed by atoms with Crippen LogP contribution in [0, 0.1) is 0 Å². The van der Waals surface area contributed by atoms with Crippen molar-refractivity contribution < 1.29 is 17.9 Å². The zero-order chi connectivity index (χ0) is 20.6. The minimum Gasteiger partial charge on any atom is -0.496 e. The largest absolute Gasteiger partial charge is 0.496 e. The van der Waals surface area contributed by atoms with Gasteiger partial charge >= 0.3 is 0 Å². The molecule has 0 saturated heterocycles. The highest BCUT2D eigenvalue weighted by Gasteiger charge is 2.14. The second kappa shape index (κ2) is 10.5. The number of nitrogens with one attached hydrogen (secondary N) is 2. The second-order valence-corrected chi connectivity index (χ2v) is 8.45. The molecule has 2 aromatic carbocycles. The van der Waals surface area contributed by atoms with Crippen LogP contribution in [0.25, 0.3) is 0 Å². The van der Waals surface area contributed by atoms with Gasteiger partial charge in [0, 0.05) is 18.1 Å². The number of benzene rings is 2. The summed E-state index contributed by atoms with van der Waals surface area (Å²) in [7, 11) is -1.98. The smallest absolute Gasteiger partial charge is 0.255 e. The minimum absolute atomic E-state index is 0.236. The number of halogens is 1. The molecule has 6 nitrogen and oxygen atoms in total. The van der Waals surface area contributed by atoms with Crippen LogP contribution in [-0.2, 0) is 16.4 Å². The summed E-state index contributed by atoms with van der Waals surface area (Å²) in [5.74, 6) is 0.172. The molecule has 2 rings (SSSR count). The molecule has 0 atom stereocenters. The van der Waals surface area contributed by atoms with Crippen molar-refractivity contribution in [2.24, 2.45) is 0 Å². The summed E-state index contributed by atoms with van der Waals surface area (Å²) < 4.78 is 32.1. The average molecular weight is 425 g/mol. The van der Waals surface area contributed by atoms with Gasteiger partial charge in [-0.05, 0) is 48.7 Å². The summed E-state index contributed by atoms with van der Waals surface area (Å²) in [5, 5.41) is 3.27. The lowest BCUT2D eigenvalue weighted by Gasteiger charge is -2.10. The number of hydrogen-bond donors (Lipinski definition) is 2. The maximum atomic E-state index is 12.3. The molecule has 0 aromatic heterocycles. The number of methoxy groups -OCH3 is 1. The Morgan fingerprint density at radius 3 is 2.46 bits per heavy atom. The molecule has 0 bridgehead atoms. The first kappa shape index (κ1) is 22.2. The van der Waals surface area contributed by atoms with Gasteiger partial charge in [-0.15, -0.1) is 0 Å². The van der Waals surface area contributed by atoms with Crippen molar-refractivity contribution in [3.05, 3.63) is 58.6 Å². The van der Waals surface area contributed by atoms with E-state index in [0.29, 0.717) is 35.8 Å². The first-order valence-corrected chi connectivity index (χ1v) is 10.9. The highest BCUT2D eigenvalue weighted by atomic mass is 35.5. The van der Waals surface area contributed by atoms with Crippen LogP contribution in [0.1, 0.15) is 35.7 Å². The van der Waals surface area contributed by atoms with Crippen LogP contribution in [0.15, 0.2) is 47.4 Å². The van der Waals surface area contributed by atoms with E-state index in [0.717, 1.165) is 18.4 Å². The second-order valence-electron chi connectivity index (χ2n) is 6.25. The van der Waals surface area contributed by atoms with Crippen molar-refractivity contribution in [3.8, 4) is 5.75 Å². The number of amides is 1. The Labute approximate surface area is 171 Å². The number of unbranched alkanes of at least 4 members (excludes halogenated alkanes) is 1. The number of carbonyl (C=O) groups excluding carboxylic acids is 1. The van der Waals surface area contributed by atoms with Crippen molar-refractivity contribution >= 4 is 27.5 Å². The number of rotatable bonds is 10. The Bertz CT molecular complexity index is 899. The van der Waals surface area contributed by atoms with Gasteiger partial charge in [-0.25, -0.2) is 13.1 Å². The first-order chi connectivity index (χ1) is 13.4. The predicted octanol–water partition coefficient (Wildman–Crippen LogP) is 3.40. The topological polar surface area (TPSA) is 84.5 Å². The minimum atomic E-state index is -3.48. The van der Waals surface area contributed by atoms with E-state index in [4.69, 9.17) is 16.3 Å². The fourth-order valence-electron chi connectivity index (χ4n) is 2.58. The van der Waals surface area contributed by atoms with Crippen molar-refractivity contribution in [1.29, 1.82) is 0 Å². The van der Waals surface area contributed by atoms with E-state index in [1.54, 1.807) is 42.5 Å². The van der Waals surface area contributed by atoms with Gasteiger partial charge in [0.05, 0.1) is 17.6 Å². The van der Waals surface area contributed by atoms with E-state index in [9.17, 15) is 13.2 Å². The van der Waals surface area contributed by atoms with Gasteiger partial charge in [0.15, 0.2) is 0 Å².